The Bertz CT molecular complexity index is 1160. The molecule has 0 aliphatic rings. The number of hydrogen-bond donors (Lipinski definition) is 1. The molecule has 1 N–H and O–H groups in total. The van der Waals surface area contributed by atoms with Gasteiger partial charge >= 0.3 is 0 Å². The zero-order valence-corrected chi connectivity index (χ0v) is 20.8. The lowest BCUT2D eigenvalue weighted by Gasteiger charge is -2.26. The van der Waals surface area contributed by atoms with Crippen molar-refractivity contribution >= 4 is 28.9 Å². The topological polar surface area (TPSA) is 88.0 Å². The summed E-state index contributed by atoms with van der Waals surface area (Å²) in [5, 5.41) is 9.18. The third-order valence-electron chi connectivity index (χ3n) is 5.50. The summed E-state index contributed by atoms with van der Waals surface area (Å²) in [5.41, 5.74) is 1.27. The number of benzene rings is 1. The van der Waals surface area contributed by atoms with Crippen molar-refractivity contribution in [2.45, 2.75) is 19.8 Å². The van der Waals surface area contributed by atoms with Gasteiger partial charge in [-0.3, -0.25) is 4.98 Å². The minimum absolute atomic E-state index is 0.107. The highest BCUT2D eigenvalue weighted by molar-refractivity contribution is 5.76. The van der Waals surface area contributed by atoms with Crippen molar-refractivity contribution in [3.63, 3.8) is 0 Å². The molecule has 0 saturated heterocycles. The van der Waals surface area contributed by atoms with Gasteiger partial charge in [-0.15, -0.1) is 0 Å². The number of hydrazone groups is 1. The van der Waals surface area contributed by atoms with Crippen molar-refractivity contribution in [1.29, 1.82) is 0 Å². The van der Waals surface area contributed by atoms with Crippen LogP contribution < -0.4 is 19.7 Å². The molecular formula is C24H31F2N7O2. The van der Waals surface area contributed by atoms with E-state index in [0.29, 0.717) is 29.2 Å². The Morgan fingerprint density at radius 1 is 1.14 bits per heavy atom. The maximum absolute atomic E-state index is 15.3. The van der Waals surface area contributed by atoms with E-state index in [0.717, 1.165) is 6.54 Å². The van der Waals surface area contributed by atoms with E-state index < -0.39 is 11.6 Å². The second kappa shape index (κ2) is 11.7. The zero-order chi connectivity index (χ0) is 25.5. The van der Waals surface area contributed by atoms with Crippen LogP contribution in [0.25, 0.3) is 11.2 Å². The van der Waals surface area contributed by atoms with E-state index in [9.17, 15) is 0 Å². The molecule has 9 nitrogen and oxygen atoms in total. The zero-order valence-electron chi connectivity index (χ0n) is 20.8. The van der Waals surface area contributed by atoms with Gasteiger partial charge in [0.15, 0.2) is 28.8 Å². The van der Waals surface area contributed by atoms with Crippen LogP contribution in [-0.2, 0) is 0 Å². The highest BCUT2D eigenvalue weighted by Gasteiger charge is 2.26. The van der Waals surface area contributed by atoms with Crippen LogP contribution in [0.3, 0.4) is 0 Å². The molecule has 1 atom stereocenters. The summed E-state index contributed by atoms with van der Waals surface area (Å²) in [5.74, 6) is -1.79. The fourth-order valence-electron chi connectivity index (χ4n) is 3.32. The molecule has 11 heteroatoms. The number of likely N-dealkylation sites (N-methyl/N-ethyl adjacent to an activating group) is 1. The molecule has 188 valence electrons. The summed E-state index contributed by atoms with van der Waals surface area (Å²) >= 11 is 0. The maximum atomic E-state index is 15.3. The number of nitrogens with one attached hydrogen (secondary N) is 1. The molecule has 1 aromatic carbocycles. The van der Waals surface area contributed by atoms with Gasteiger partial charge in [0.25, 0.3) is 0 Å². The van der Waals surface area contributed by atoms with Gasteiger partial charge in [-0.25, -0.2) is 18.7 Å². The number of nitrogens with zero attached hydrogens (tertiary/aromatic N) is 6. The molecule has 0 amide bonds. The highest BCUT2D eigenvalue weighted by atomic mass is 19.1. The Morgan fingerprint density at radius 3 is 2.43 bits per heavy atom. The number of anilines is 2. The van der Waals surface area contributed by atoms with E-state index in [1.807, 2.05) is 25.9 Å². The van der Waals surface area contributed by atoms with Crippen molar-refractivity contribution < 1.29 is 18.3 Å². The number of halogens is 2. The summed E-state index contributed by atoms with van der Waals surface area (Å²) in [4.78, 5) is 15.1. The van der Waals surface area contributed by atoms with E-state index in [1.54, 1.807) is 31.6 Å². The summed E-state index contributed by atoms with van der Waals surface area (Å²) < 4.78 is 40.9. The molecule has 0 spiro atoms. The monoisotopic (exact) mass is 487 g/mol. The quantitative estimate of drug-likeness (QED) is 0.324. The Labute approximate surface area is 203 Å². The average Bonchev–Trinajstić information content (AvgIpc) is 2.88. The van der Waals surface area contributed by atoms with Crippen molar-refractivity contribution in [2.24, 2.45) is 5.10 Å². The first-order valence-corrected chi connectivity index (χ1v) is 11.3. The molecule has 0 aliphatic carbocycles. The lowest BCUT2D eigenvalue weighted by atomic mass is 10.1. The number of aromatic nitrogens is 3. The Hall–Kier alpha value is -3.60. The van der Waals surface area contributed by atoms with Gasteiger partial charge in [-0.1, -0.05) is 6.92 Å². The second-order valence-corrected chi connectivity index (χ2v) is 7.85. The van der Waals surface area contributed by atoms with Gasteiger partial charge < -0.3 is 24.7 Å². The summed E-state index contributed by atoms with van der Waals surface area (Å²) in [6, 6.07) is 4.55. The van der Waals surface area contributed by atoms with Crippen LogP contribution in [-0.4, -0.2) is 74.1 Å². The van der Waals surface area contributed by atoms with E-state index in [2.05, 4.69) is 25.4 Å². The third kappa shape index (κ3) is 5.73. The van der Waals surface area contributed by atoms with Crippen molar-refractivity contribution in [2.75, 3.05) is 52.8 Å². The predicted octanol–water partition coefficient (Wildman–Crippen LogP) is 3.72. The Kier molecular flexibility index (Phi) is 8.69. The van der Waals surface area contributed by atoms with Crippen LogP contribution in [0, 0.1) is 11.6 Å². The van der Waals surface area contributed by atoms with Crippen LogP contribution in [0.15, 0.2) is 29.5 Å². The van der Waals surface area contributed by atoms with E-state index in [1.165, 1.54) is 25.2 Å². The normalized spacial score (nSPS) is 12.2. The fraction of sp³-hybridized carbons (Fsp3) is 0.417. The molecule has 0 fully saturated rings. The highest BCUT2D eigenvalue weighted by Crippen LogP contribution is 2.39. The molecule has 1 unspecified atom stereocenters. The molecule has 0 aliphatic heterocycles. The van der Waals surface area contributed by atoms with Gasteiger partial charge in [-0.05, 0) is 26.1 Å². The summed E-state index contributed by atoms with van der Waals surface area (Å²) in [6.07, 6.45) is 3.47. The van der Waals surface area contributed by atoms with E-state index in [-0.39, 0.29) is 29.6 Å². The standard InChI is InChI=1S/C24H31F2N7O2/c1-7-32(4)29-13-15(2)17-14-28-16-8-9-20(31-24(16)30-17)33(11-10-27-3)23-21(25)18(34-5)12-19(35-6)22(23)26/h8-9,12-15,27H,7,10-11H2,1-6H3/b29-13-. The number of ether oxygens (including phenoxy) is 2. The van der Waals surface area contributed by atoms with Crippen LogP contribution in [0.2, 0.25) is 0 Å². The maximum Gasteiger partial charge on any atom is 0.191 e. The molecule has 3 rings (SSSR count). The van der Waals surface area contributed by atoms with Gasteiger partial charge in [0, 0.05) is 51.1 Å². The third-order valence-corrected chi connectivity index (χ3v) is 5.50. The summed E-state index contributed by atoms with van der Waals surface area (Å²) in [6.45, 7) is 5.40. The van der Waals surface area contributed by atoms with Crippen molar-refractivity contribution in [3.05, 3.63) is 41.7 Å². The Morgan fingerprint density at radius 2 is 1.83 bits per heavy atom. The van der Waals surface area contributed by atoms with Crippen LogP contribution >= 0.6 is 0 Å². The predicted molar refractivity (Wildman–Crippen MR) is 133 cm³/mol. The van der Waals surface area contributed by atoms with Crippen LogP contribution in [0.5, 0.6) is 11.5 Å². The molecule has 35 heavy (non-hydrogen) atoms. The van der Waals surface area contributed by atoms with E-state index in [4.69, 9.17) is 9.47 Å². The minimum atomic E-state index is -0.853. The largest absolute Gasteiger partial charge is 0.493 e. The number of rotatable bonds is 11. The van der Waals surface area contributed by atoms with Crippen molar-refractivity contribution in [1.82, 2.24) is 25.3 Å². The number of methoxy groups -OCH3 is 2. The number of fused-ring (bicyclic) bond motifs is 1. The number of pyridine rings is 1. The van der Waals surface area contributed by atoms with E-state index >= 15 is 8.78 Å². The first-order valence-electron chi connectivity index (χ1n) is 11.3. The summed E-state index contributed by atoms with van der Waals surface area (Å²) in [7, 11) is 6.26. The lowest BCUT2D eigenvalue weighted by Crippen LogP contribution is -2.29. The molecular weight excluding hydrogens is 456 g/mol. The van der Waals surface area contributed by atoms with Gasteiger partial charge in [-0.2, -0.15) is 5.10 Å². The van der Waals surface area contributed by atoms with Gasteiger partial charge in [0.1, 0.15) is 17.0 Å². The van der Waals surface area contributed by atoms with Crippen LogP contribution in [0.4, 0.5) is 20.3 Å². The first kappa shape index (κ1) is 26.0. The van der Waals surface area contributed by atoms with Gasteiger partial charge in [0.05, 0.1) is 19.9 Å². The molecule has 0 radical (unpaired) electrons. The lowest BCUT2D eigenvalue weighted by molar-refractivity contribution is 0.359. The van der Waals surface area contributed by atoms with Crippen LogP contribution in [0.1, 0.15) is 25.5 Å². The smallest absolute Gasteiger partial charge is 0.191 e. The first-order chi connectivity index (χ1) is 16.8. The minimum Gasteiger partial charge on any atom is -0.493 e. The van der Waals surface area contributed by atoms with Crippen molar-refractivity contribution in [3.8, 4) is 11.5 Å². The molecule has 0 saturated carbocycles. The van der Waals surface area contributed by atoms with Gasteiger partial charge in [0.2, 0.25) is 0 Å². The Balaban J connectivity index is 2.10. The number of hydrogen-bond acceptors (Lipinski definition) is 9. The average molecular weight is 488 g/mol. The molecule has 0 bridgehead atoms. The fourth-order valence-corrected chi connectivity index (χ4v) is 3.32. The second-order valence-electron chi connectivity index (χ2n) is 7.85. The SMILES string of the molecule is CCN(C)/N=C\C(C)c1cnc2ccc(N(CCNC)c3c(F)c(OC)cc(OC)c3F)nc2n1. The molecule has 2 aromatic heterocycles. The molecule has 3 aromatic rings. The molecule has 2 heterocycles.